The van der Waals surface area contributed by atoms with E-state index < -0.39 is 0 Å². The smallest absolute Gasteiger partial charge is 0.265 e. The number of carbonyl (C=O) groups is 1. The number of fused-ring (bicyclic) bond motifs is 1. The number of nitrogens with zero attached hydrogens (tertiary/aromatic N) is 3. The average Bonchev–Trinajstić information content (AvgIpc) is 3.16. The van der Waals surface area contributed by atoms with E-state index in [1.54, 1.807) is 11.0 Å². The Hall–Kier alpha value is -3.41. The summed E-state index contributed by atoms with van der Waals surface area (Å²) < 4.78 is 10.8. The standard InChI is InChI=1S/C20H17N3O3/c1-2-23-16-12-15(9-10-17(16)25-13-19(23)24)20-21-18(26-22-20)11-8-14-6-4-3-5-7-14/h3-12H,2,13H2,1H3. The number of hydrogen-bond acceptors (Lipinski definition) is 5. The summed E-state index contributed by atoms with van der Waals surface area (Å²) in [6.45, 7) is 2.58. The lowest BCUT2D eigenvalue weighted by Crippen LogP contribution is -2.38. The molecule has 0 unspecified atom stereocenters. The minimum atomic E-state index is -0.0586. The second-order valence-corrected chi connectivity index (χ2v) is 5.81. The molecule has 0 fully saturated rings. The van der Waals surface area contributed by atoms with Gasteiger partial charge >= 0.3 is 0 Å². The second-order valence-electron chi connectivity index (χ2n) is 5.81. The van der Waals surface area contributed by atoms with Crippen LogP contribution in [-0.4, -0.2) is 29.2 Å². The number of aromatic nitrogens is 2. The van der Waals surface area contributed by atoms with E-state index >= 15 is 0 Å². The van der Waals surface area contributed by atoms with Gasteiger partial charge in [0.1, 0.15) is 5.75 Å². The summed E-state index contributed by atoms with van der Waals surface area (Å²) in [4.78, 5) is 18.1. The van der Waals surface area contributed by atoms with Gasteiger partial charge in [0.25, 0.3) is 11.8 Å². The lowest BCUT2D eigenvalue weighted by molar-refractivity contribution is -0.121. The zero-order chi connectivity index (χ0) is 17.9. The molecule has 1 aliphatic heterocycles. The molecule has 0 radical (unpaired) electrons. The van der Waals surface area contributed by atoms with Crippen molar-refractivity contribution in [3.63, 3.8) is 0 Å². The van der Waals surface area contributed by atoms with Crippen molar-refractivity contribution in [2.24, 2.45) is 0 Å². The minimum absolute atomic E-state index is 0.0586. The van der Waals surface area contributed by atoms with Crippen molar-refractivity contribution in [2.45, 2.75) is 6.92 Å². The zero-order valence-corrected chi connectivity index (χ0v) is 14.3. The van der Waals surface area contributed by atoms with Gasteiger partial charge in [-0.3, -0.25) is 4.79 Å². The van der Waals surface area contributed by atoms with Gasteiger partial charge in [0, 0.05) is 18.2 Å². The summed E-state index contributed by atoms with van der Waals surface area (Å²) in [5.41, 5.74) is 2.55. The first-order chi connectivity index (χ1) is 12.7. The molecule has 3 aromatic rings. The number of rotatable bonds is 4. The van der Waals surface area contributed by atoms with E-state index in [1.807, 2.05) is 61.5 Å². The second kappa shape index (κ2) is 6.84. The van der Waals surface area contributed by atoms with E-state index in [-0.39, 0.29) is 12.5 Å². The minimum Gasteiger partial charge on any atom is -0.482 e. The Bertz CT molecular complexity index is 963. The third kappa shape index (κ3) is 3.09. The van der Waals surface area contributed by atoms with Crippen LogP contribution in [0.25, 0.3) is 23.5 Å². The lowest BCUT2D eigenvalue weighted by Gasteiger charge is -2.28. The molecular weight excluding hydrogens is 330 g/mol. The summed E-state index contributed by atoms with van der Waals surface area (Å²) >= 11 is 0. The fourth-order valence-corrected chi connectivity index (χ4v) is 2.84. The van der Waals surface area contributed by atoms with Gasteiger partial charge in [0.05, 0.1) is 5.69 Å². The van der Waals surface area contributed by atoms with Gasteiger partial charge in [0.15, 0.2) is 6.61 Å². The third-order valence-electron chi connectivity index (χ3n) is 4.14. The predicted octanol–water partition coefficient (Wildman–Crippen LogP) is 3.65. The number of carbonyl (C=O) groups excluding carboxylic acids is 1. The van der Waals surface area contributed by atoms with Crippen LogP contribution in [0.3, 0.4) is 0 Å². The van der Waals surface area contributed by atoms with Crippen LogP contribution in [-0.2, 0) is 4.79 Å². The Morgan fingerprint density at radius 2 is 2.00 bits per heavy atom. The molecule has 26 heavy (non-hydrogen) atoms. The van der Waals surface area contributed by atoms with Gasteiger partial charge in [-0.05, 0) is 36.8 Å². The fourth-order valence-electron chi connectivity index (χ4n) is 2.84. The molecule has 0 spiro atoms. The lowest BCUT2D eigenvalue weighted by atomic mass is 10.1. The van der Waals surface area contributed by atoms with Crippen LogP contribution in [0.2, 0.25) is 0 Å². The van der Waals surface area contributed by atoms with Crippen LogP contribution in [0, 0.1) is 0 Å². The average molecular weight is 347 g/mol. The maximum Gasteiger partial charge on any atom is 0.265 e. The monoisotopic (exact) mass is 347 g/mol. The molecule has 1 amide bonds. The highest BCUT2D eigenvalue weighted by Gasteiger charge is 2.25. The normalized spacial score (nSPS) is 13.7. The summed E-state index contributed by atoms with van der Waals surface area (Å²) in [5.74, 6) is 1.51. The topological polar surface area (TPSA) is 68.5 Å². The van der Waals surface area contributed by atoms with E-state index in [9.17, 15) is 4.79 Å². The summed E-state index contributed by atoms with van der Waals surface area (Å²) in [5, 5.41) is 4.04. The molecule has 130 valence electrons. The quantitative estimate of drug-likeness (QED) is 0.720. The number of likely N-dealkylation sites (N-methyl/N-ethyl adjacent to an activating group) is 1. The molecule has 0 saturated heterocycles. The largest absolute Gasteiger partial charge is 0.482 e. The number of ether oxygens (including phenoxy) is 1. The Morgan fingerprint density at radius 1 is 1.15 bits per heavy atom. The van der Waals surface area contributed by atoms with Crippen LogP contribution in [0.1, 0.15) is 18.4 Å². The summed E-state index contributed by atoms with van der Waals surface area (Å²) in [7, 11) is 0. The van der Waals surface area contributed by atoms with E-state index in [4.69, 9.17) is 9.26 Å². The first-order valence-electron chi connectivity index (χ1n) is 8.39. The molecule has 2 aromatic carbocycles. The molecule has 1 aliphatic rings. The van der Waals surface area contributed by atoms with Crippen molar-refractivity contribution in [2.75, 3.05) is 18.1 Å². The van der Waals surface area contributed by atoms with E-state index in [2.05, 4.69) is 10.1 Å². The molecule has 6 heteroatoms. The van der Waals surface area contributed by atoms with Gasteiger partial charge in [-0.1, -0.05) is 35.5 Å². The van der Waals surface area contributed by atoms with E-state index in [1.165, 1.54) is 0 Å². The van der Waals surface area contributed by atoms with Gasteiger partial charge in [-0.2, -0.15) is 4.98 Å². The van der Waals surface area contributed by atoms with Crippen LogP contribution < -0.4 is 9.64 Å². The van der Waals surface area contributed by atoms with Crippen molar-refractivity contribution in [3.8, 4) is 17.1 Å². The molecular formula is C20H17N3O3. The Kier molecular flexibility index (Phi) is 4.23. The summed E-state index contributed by atoms with van der Waals surface area (Å²) in [6, 6.07) is 15.4. The third-order valence-corrected chi connectivity index (χ3v) is 4.14. The molecule has 6 nitrogen and oxygen atoms in total. The van der Waals surface area contributed by atoms with Crippen LogP contribution in [0.15, 0.2) is 53.1 Å². The number of anilines is 1. The van der Waals surface area contributed by atoms with Crippen molar-refractivity contribution in [3.05, 3.63) is 60.0 Å². The molecule has 4 rings (SSSR count). The van der Waals surface area contributed by atoms with Gasteiger partial charge in [-0.25, -0.2) is 0 Å². The highest BCUT2D eigenvalue weighted by molar-refractivity contribution is 5.98. The number of hydrogen-bond donors (Lipinski definition) is 0. The molecule has 1 aromatic heterocycles. The van der Waals surface area contributed by atoms with Crippen LogP contribution in [0.5, 0.6) is 5.75 Å². The van der Waals surface area contributed by atoms with Crippen molar-refractivity contribution >= 4 is 23.7 Å². The SMILES string of the molecule is CCN1C(=O)COc2ccc(-c3noc(C=Cc4ccccc4)n3)cc21. The fraction of sp³-hybridized carbons (Fsp3) is 0.150. The highest BCUT2D eigenvalue weighted by atomic mass is 16.5. The van der Waals surface area contributed by atoms with Crippen LogP contribution >= 0.6 is 0 Å². The van der Waals surface area contributed by atoms with Gasteiger partial charge < -0.3 is 14.2 Å². The predicted molar refractivity (Wildman–Crippen MR) is 98.6 cm³/mol. The molecule has 0 saturated carbocycles. The highest BCUT2D eigenvalue weighted by Crippen LogP contribution is 2.35. The molecule has 0 N–H and O–H groups in total. The van der Waals surface area contributed by atoms with E-state index in [0.29, 0.717) is 24.0 Å². The van der Waals surface area contributed by atoms with Crippen molar-refractivity contribution in [1.29, 1.82) is 0 Å². The Morgan fingerprint density at radius 3 is 2.81 bits per heavy atom. The van der Waals surface area contributed by atoms with Gasteiger partial charge in [-0.15, -0.1) is 0 Å². The summed E-state index contributed by atoms with van der Waals surface area (Å²) in [6.07, 6.45) is 3.69. The number of amides is 1. The molecule has 0 aliphatic carbocycles. The Balaban J connectivity index is 1.61. The first kappa shape index (κ1) is 16.1. The van der Waals surface area contributed by atoms with Gasteiger partial charge in [0.2, 0.25) is 5.82 Å². The number of benzene rings is 2. The van der Waals surface area contributed by atoms with Crippen molar-refractivity contribution < 1.29 is 14.1 Å². The van der Waals surface area contributed by atoms with Crippen LogP contribution in [0.4, 0.5) is 5.69 Å². The molecule has 2 heterocycles. The maximum atomic E-state index is 12.0. The zero-order valence-electron chi connectivity index (χ0n) is 14.3. The maximum absolute atomic E-state index is 12.0. The first-order valence-corrected chi connectivity index (χ1v) is 8.39. The van der Waals surface area contributed by atoms with E-state index in [0.717, 1.165) is 16.8 Å². The molecule has 0 atom stereocenters. The Labute approximate surface area is 150 Å². The van der Waals surface area contributed by atoms with Crippen molar-refractivity contribution in [1.82, 2.24) is 10.1 Å². The molecule has 0 bridgehead atoms.